The van der Waals surface area contributed by atoms with Gasteiger partial charge in [-0.2, -0.15) is 0 Å². The maximum atomic E-state index is 6.65. The van der Waals surface area contributed by atoms with Crippen molar-refractivity contribution in [2.45, 2.75) is 84.0 Å². The molecular formula is C27H35NO. The van der Waals surface area contributed by atoms with Gasteiger partial charge in [-0.05, 0) is 50.8 Å². The van der Waals surface area contributed by atoms with Crippen molar-refractivity contribution >= 4 is 10.9 Å². The number of para-hydroxylation sites is 1. The first kappa shape index (κ1) is 20.2. The fourth-order valence-corrected chi connectivity index (χ4v) is 4.94. The highest BCUT2D eigenvalue weighted by Crippen LogP contribution is 2.48. The van der Waals surface area contributed by atoms with Gasteiger partial charge in [-0.25, -0.2) is 0 Å². The number of unbranched alkanes of at least 4 members (excludes halogenated alkanes) is 3. The lowest BCUT2D eigenvalue weighted by Gasteiger charge is -2.25. The molecule has 0 N–H and O–H groups in total. The van der Waals surface area contributed by atoms with Crippen molar-refractivity contribution < 1.29 is 4.74 Å². The van der Waals surface area contributed by atoms with E-state index in [2.05, 4.69) is 86.9 Å². The van der Waals surface area contributed by atoms with E-state index in [1.54, 1.807) is 0 Å². The zero-order valence-corrected chi connectivity index (χ0v) is 18.4. The molecule has 0 radical (unpaired) electrons. The molecule has 0 spiro atoms. The van der Waals surface area contributed by atoms with Crippen molar-refractivity contribution in [3.05, 3.63) is 71.4 Å². The summed E-state index contributed by atoms with van der Waals surface area (Å²) in [6.07, 6.45) is 7.48. The van der Waals surface area contributed by atoms with E-state index in [-0.39, 0.29) is 11.7 Å². The molecule has 0 saturated carbocycles. The smallest absolute Gasteiger partial charge is 0.101 e. The Morgan fingerprint density at radius 1 is 0.931 bits per heavy atom. The van der Waals surface area contributed by atoms with E-state index >= 15 is 0 Å². The van der Waals surface area contributed by atoms with Crippen LogP contribution in [0.2, 0.25) is 0 Å². The van der Waals surface area contributed by atoms with Crippen LogP contribution >= 0.6 is 0 Å². The molecule has 0 saturated heterocycles. The summed E-state index contributed by atoms with van der Waals surface area (Å²) >= 11 is 0. The van der Waals surface area contributed by atoms with E-state index < -0.39 is 0 Å². The van der Waals surface area contributed by atoms with E-state index in [0.29, 0.717) is 6.04 Å². The van der Waals surface area contributed by atoms with Gasteiger partial charge >= 0.3 is 0 Å². The molecule has 2 atom stereocenters. The Kier molecular flexibility index (Phi) is 5.83. The highest BCUT2D eigenvalue weighted by atomic mass is 16.5. The fourth-order valence-electron chi connectivity index (χ4n) is 4.94. The van der Waals surface area contributed by atoms with Crippen molar-refractivity contribution in [1.82, 2.24) is 4.57 Å². The quantitative estimate of drug-likeness (QED) is 0.379. The van der Waals surface area contributed by atoms with Crippen molar-refractivity contribution in [3.8, 4) is 0 Å². The molecule has 0 fully saturated rings. The number of hydrogen-bond donors (Lipinski definition) is 0. The lowest BCUT2D eigenvalue weighted by molar-refractivity contribution is -0.0619. The Morgan fingerprint density at radius 2 is 1.66 bits per heavy atom. The van der Waals surface area contributed by atoms with Crippen LogP contribution in [0.4, 0.5) is 0 Å². The van der Waals surface area contributed by atoms with Gasteiger partial charge in [0.15, 0.2) is 0 Å². The summed E-state index contributed by atoms with van der Waals surface area (Å²) in [7, 11) is 0. The fraction of sp³-hybridized carbons (Fsp3) is 0.481. The molecule has 2 heterocycles. The van der Waals surface area contributed by atoms with Crippen LogP contribution in [0.3, 0.4) is 0 Å². The van der Waals surface area contributed by atoms with Gasteiger partial charge in [0.2, 0.25) is 0 Å². The molecule has 3 aromatic rings. The molecule has 29 heavy (non-hydrogen) atoms. The van der Waals surface area contributed by atoms with Crippen molar-refractivity contribution in [2.75, 3.05) is 0 Å². The van der Waals surface area contributed by atoms with Crippen molar-refractivity contribution in [2.24, 2.45) is 0 Å². The van der Waals surface area contributed by atoms with E-state index in [0.717, 1.165) is 12.8 Å². The minimum absolute atomic E-state index is 0.147. The van der Waals surface area contributed by atoms with Crippen molar-refractivity contribution in [3.63, 3.8) is 0 Å². The number of ether oxygens (including phenoxy) is 1. The predicted octanol–water partition coefficient (Wildman–Crippen LogP) is 7.61. The van der Waals surface area contributed by atoms with Crippen LogP contribution < -0.4 is 0 Å². The maximum Gasteiger partial charge on any atom is 0.101 e. The Bertz CT molecular complexity index is 948. The number of aromatic nitrogens is 1. The average Bonchev–Trinajstić information content (AvgIpc) is 3.21. The summed E-state index contributed by atoms with van der Waals surface area (Å²) < 4.78 is 9.25. The number of nitrogens with zero attached hydrogens (tertiary/aromatic N) is 1. The zero-order valence-electron chi connectivity index (χ0n) is 18.4. The van der Waals surface area contributed by atoms with Crippen LogP contribution in [-0.4, -0.2) is 10.2 Å². The van der Waals surface area contributed by atoms with Gasteiger partial charge in [0.1, 0.15) is 6.10 Å². The number of benzene rings is 2. The monoisotopic (exact) mass is 389 g/mol. The van der Waals surface area contributed by atoms with Gasteiger partial charge in [-0.3, -0.25) is 0 Å². The lowest BCUT2D eigenvalue weighted by Crippen LogP contribution is -2.22. The van der Waals surface area contributed by atoms with E-state index in [1.807, 2.05) is 0 Å². The highest BCUT2D eigenvalue weighted by Gasteiger charge is 2.38. The molecule has 0 amide bonds. The summed E-state index contributed by atoms with van der Waals surface area (Å²) in [5.74, 6) is 0. The normalized spacial score (nSPS) is 19.0. The highest BCUT2D eigenvalue weighted by molar-refractivity contribution is 5.86. The Labute approximate surface area is 175 Å². The van der Waals surface area contributed by atoms with Crippen LogP contribution in [0.25, 0.3) is 10.9 Å². The number of hydrogen-bond acceptors (Lipinski definition) is 1. The first-order valence-corrected chi connectivity index (χ1v) is 11.3. The second kappa shape index (κ2) is 8.36. The van der Waals surface area contributed by atoms with E-state index in [4.69, 9.17) is 4.74 Å². The van der Waals surface area contributed by atoms with E-state index in [9.17, 15) is 0 Å². The topological polar surface area (TPSA) is 14.2 Å². The van der Waals surface area contributed by atoms with Gasteiger partial charge in [-0.15, -0.1) is 0 Å². The SMILES string of the molecule is CCCCCCc1c2n(c3ccccc13)C(c1ccccc1)CC2OC(C)(C)C. The Morgan fingerprint density at radius 3 is 2.38 bits per heavy atom. The van der Waals surface area contributed by atoms with Crippen molar-refractivity contribution in [1.29, 1.82) is 0 Å². The first-order chi connectivity index (χ1) is 14.0. The second-order valence-corrected chi connectivity index (χ2v) is 9.44. The minimum atomic E-state index is -0.156. The Hall–Kier alpha value is -2.06. The number of fused-ring (bicyclic) bond motifs is 3. The van der Waals surface area contributed by atoms with Crippen LogP contribution in [0.1, 0.15) is 88.8 Å². The molecule has 1 aliphatic heterocycles. The van der Waals surface area contributed by atoms with Crippen LogP contribution in [-0.2, 0) is 11.2 Å². The molecule has 4 rings (SSSR count). The summed E-state index contributed by atoms with van der Waals surface area (Å²) in [5, 5.41) is 1.42. The third-order valence-electron chi connectivity index (χ3n) is 6.07. The molecule has 2 heteroatoms. The summed E-state index contributed by atoms with van der Waals surface area (Å²) in [6, 6.07) is 20.3. The maximum absolute atomic E-state index is 6.65. The largest absolute Gasteiger partial charge is 0.366 e. The second-order valence-electron chi connectivity index (χ2n) is 9.44. The summed E-state index contributed by atoms with van der Waals surface area (Å²) in [5.41, 5.74) is 5.53. The van der Waals surface area contributed by atoms with Gasteiger partial charge in [-0.1, -0.05) is 74.7 Å². The van der Waals surface area contributed by atoms with Gasteiger partial charge in [0.25, 0.3) is 0 Å². The summed E-state index contributed by atoms with van der Waals surface area (Å²) in [4.78, 5) is 0. The number of rotatable bonds is 7. The standard InChI is InChI=1S/C27H35NO/c1-5-6-7-11-17-22-21-16-12-13-18-23(21)28-24(20-14-9-8-10-15-20)19-25(26(22)28)29-27(2,3)4/h8-10,12-16,18,24-25H,5-7,11,17,19H2,1-4H3. The van der Waals surface area contributed by atoms with Gasteiger partial charge in [0.05, 0.1) is 17.3 Å². The lowest BCUT2D eigenvalue weighted by atomic mass is 9.97. The molecular weight excluding hydrogens is 354 g/mol. The molecule has 1 aliphatic rings. The molecule has 0 aliphatic carbocycles. The van der Waals surface area contributed by atoms with Gasteiger partial charge < -0.3 is 9.30 Å². The molecule has 2 nitrogen and oxygen atoms in total. The first-order valence-electron chi connectivity index (χ1n) is 11.3. The number of aryl methyl sites for hydroxylation is 1. The molecule has 0 bridgehead atoms. The molecule has 2 aromatic carbocycles. The third-order valence-corrected chi connectivity index (χ3v) is 6.07. The summed E-state index contributed by atoms with van der Waals surface area (Å²) in [6.45, 7) is 8.81. The molecule has 1 aromatic heterocycles. The predicted molar refractivity (Wildman–Crippen MR) is 123 cm³/mol. The molecule has 154 valence electrons. The van der Waals surface area contributed by atoms with Crippen LogP contribution in [0, 0.1) is 0 Å². The Balaban J connectivity index is 1.83. The minimum Gasteiger partial charge on any atom is -0.366 e. The average molecular weight is 390 g/mol. The zero-order chi connectivity index (χ0) is 20.4. The third kappa shape index (κ3) is 4.14. The van der Waals surface area contributed by atoms with E-state index in [1.165, 1.54) is 53.4 Å². The van der Waals surface area contributed by atoms with Crippen LogP contribution in [0.15, 0.2) is 54.6 Å². The van der Waals surface area contributed by atoms with Gasteiger partial charge in [0, 0.05) is 17.3 Å². The van der Waals surface area contributed by atoms with Crippen LogP contribution in [0.5, 0.6) is 0 Å². The molecule has 2 unspecified atom stereocenters.